The zero-order valence-corrected chi connectivity index (χ0v) is 28.6. The number of hydrogen-bond acceptors (Lipinski definition) is 16. The van der Waals surface area contributed by atoms with Gasteiger partial charge < -0.3 is 59.1 Å². The number of esters is 3. The van der Waals surface area contributed by atoms with Gasteiger partial charge in [0.05, 0.1) is 32.3 Å². The predicted octanol–water partition coefficient (Wildman–Crippen LogP) is -1.73. The van der Waals surface area contributed by atoms with Gasteiger partial charge in [0, 0.05) is 23.3 Å². The molecule has 3 aliphatic heterocycles. The summed E-state index contributed by atoms with van der Waals surface area (Å²) >= 11 is 0. The molecule has 2 bridgehead atoms. The molecule has 0 aromatic carbocycles. The van der Waals surface area contributed by atoms with E-state index in [1.165, 1.54) is 12.2 Å². The molecule has 16 nitrogen and oxygen atoms in total. The average Bonchev–Trinajstić information content (AvgIpc) is 3.38. The predicted molar refractivity (Wildman–Crippen MR) is 164 cm³/mol. The first-order valence-electron chi connectivity index (χ1n) is 16.8. The van der Waals surface area contributed by atoms with E-state index in [4.69, 9.17) is 28.4 Å². The minimum Gasteiger partial charge on any atom is -0.467 e. The molecule has 0 amide bonds. The van der Waals surface area contributed by atoms with Crippen molar-refractivity contribution in [3.05, 3.63) is 23.5 Å². The molecule has 16 heteroatoms. The Hall–Kier alpha value is -2.96. The van der Waals surface area contributed by atoms with Gasteiger partial charge >= 0.3 is 17.9 Å². The van der Waals surface area contributed by atoms with E-state index in [9.17, 15) is 49.8 Å². The van der Waals surface area contributed by atoms with E-state index in [-0.39, 0.29) is 24.7 Å². The summed E-state index contributed by atoms with van der Waals surface area (Å²) in [7, 11) is 1.06. The number of fused-ring (bicyclic) bond motifs is 2. The standard InChI is InChI=1S/C34H46O16/c1-12(2)13(3)7-19(36)50-25-27-33-11-46-34(27,31(44)45-6)28(42)24(41)26(33)32(5)9-16(20(37)14(4)15(32)8-18(33)49-29(25)43)47-30-23(40)22(39)21(38)17(10-35)48-30/h7,9,12,14-15,17-18,21-28,30,35,38-42H,8,10-11H2,1-6H3/b13-7+/t14-,15-,17?,18+,21?,22?,23?,24+,25+,26+,27+,28-,30?,32-,33+,34-/m0/s1. The third-order valence-electron chi connectivity index (χ3n) is 12.4. The van der Waals surface area contributed by atoms with Gasteiger partial charge in [-0.1, -0.05) is 33.3 Å². The molecule has 3 heterocycles. The van der Waals surface area contributed by atoms with Crippen molar-refractivity contribution < 1.29 is 78.2 Å². The molecule has 50 heavy (non-hydrogen) atoms. The molecular formula is C34H46O16. The maximum atomic E-state index is 13.8. The molecule has 1 spiro atoms. The third kappa shape index (κ3) is 4.94. The van der Waals surface area contributed by atoms with E-state index in [0.717, 1.165) is 7.11 Å². The van der Waals surface area contributed by atoms with Crippen LogP contribution >= 0.6 is 0 Å². The Balaban J connectivity index is 1.47. The minimum absolute atomic E-state index is 0.0294. The molecule has 6 N–H and O–H groups in total. The molecule has 6 rings (SSSR count). The highest BCUT2D eigenvalue weighted by Gasteiger charge is 2.85. The first kappa shape index (κ1) is 36.8. The second-order valence-corrected chi connectivity index (χ2v) is 15.1. The Bertz CT molecular complexity index is 1490. The van der Waals surface area contributed by atoms with Crippen molar-refractivity contribution >= 4 is 23.7 Å². The van der Waals surface area contributed by atoms with E-state index in [0.29, 0.717) is 5.57 Å². The molecule has 3 saturated heterocycles. The topological polar surface area (TPSA) is 245 Å². The lowest BCUT2D eigenvalue weighted by molar-refractivity contribution is -0.296. The Morgan fingerprint density at radius 3 is 2.36 bits per heavy atom. The summed E-state index contributed by atoms with van der Waals surface area (Å²) in [5.74, 6) is -7.88. The zero-order chi connectivity index (χ0) is 36.8. The van der Waals surface area contributed by atoms with Gasteiger partial charge in [0.15, 0.2) is 11.5 Å². The summed E-state index contributed by atoms with van der Waals surface area (Å²) in [6.07, 6.45) is -12.2. The smallest absolute Gasteiger partial charge is 0.348 e. The van der Waals surface area contributed by atoms with Gasteiger partial charge in [-0.3, -0.25) is 4.79 Å². The van der Waals surface area contributed by atoms with Crippen LogP contribution in [0.4, 0.5) is 0 Å². The first-order chi connectivity index (χ1) is 23.4. The molecule has 278 valence electrons. The number of Topliss-reactive ketones (excluding diaryl/α,β-unsaturated/α-hetero) is 1. The molecule has 16 atom stereocenters. The number of allylic oxidation sites excluding steroid dienone is 3. The van der Waals surface area contributed by atoms with Crippen molar-refractivity contribution in [2.24, 2.45) is 40.4 Å². The van der Waals surface area contributed by atoms with Crippen LogP contribution in [0.25, 0.3) is 0 Å². The summed E-state index contributed by atoms with van der Waals surface area (Å²) in [6, 6.07) is 0. The number of hydrogen-bond donors (Lipinski definition) is 6. The lowest BCUT2D eigenvalue weighted by atomic mass is 9.38. The van der Waals surface area contributed by atoms with Gasteiger partial charge in [0.1, 0.15) is 36.6 Å². The van der Waals surface area contributed by atoms with Gasteiger partial charge in [0.2, 0.25) is 18.0 Å². The van der Waals surface area contributed by atoms with Crippen molar-refractivity contribution in [3.63, 3.8) is 0 Å². The number of ether oxygens (including phenoxy) is 6. The van der Waals surface area contributed by atoms with E-state index in [1.807, 2.05) is 13.8 Å². The second kappa shape index (κ2) is 12.6. The van der Waals surface area contributed by atoms with Crippen LogP contribution in [-0.4, -0.2) is 135 Å². The Labute approximate surface area is 287 Å². The molecule has 5 fully saturated rings. The number of carbonyl (C=O) groups is 4. The number of methoxy groups -OCH3 is 1. The molecule has 0 radical (unpaired) electrons. The molecule has 0 aromatic heterocycles. The number of carbonyl (C=O) groups excluding carboxylic acids is 4. The maximum Gasteiger partial charge on any atom is 0.348 e. The van der Waals surface area contributed by atoms with Crippen molar-refractivity contribution in [3.8, 4) is 0 Å². The van der Waals surface area contributed by atoms with Gasteiger partial charge in [-0.15, -0.1) is 0 Å². The van der Waals surface area contributed by atoms with Crippen LogP contribution in [-0.2, 0) is 47.6 Å². The summed E-state index contributed by atoms with van der Waals surface area (Å²) in [6.45, 7) is 7.69. The van der Waals surface area contributed by atoms with Crippen LogP contribution in [0.2, 0.25) is 0 Å². The summed E-state index contributed by atoms with van der Waals surface area (Å²) < 4.78 is 34.4. The number of aliphatic hydroxyl groups excluding tert-OH is 6. The van der Waals surface area contributed by atoms with Crippen molar-refractivity contribution in [1.29, 1.82) is 0 Å². The van der Waals surface area contributed by atoms with Crippen LogP contribution in [0.1, 0.15) is 41.0 Å². The van der Waals surface area contributed by atoms with E-state index in [1.54, 1.807) is 20.8 Å². The highest BCUT2D eigenvalue weighted by molar-refractivity contribution is 5.97. The summed E-state index contributed by atoms with van der Waals surface area (Å²) in [4.78, 5) is 54.5. The highest BCUT2D eigenvalue weighted by Crippen LogP contribution is 2.72. The number of ketones is 1. The van der Waals surface area contributed by atoms with Gasteiger partial charge in [-0.2, -0.15) is 0 Å². The van der Waals surface area contributed by atoms with Crippen molar-refractivity contribution in [2.45, 2.75) is 102 Å². The van der Waals surface area contributed by atoms with Crippen molar-refractivity contribution in [1.82, 2.24) is 0 Å². The van der Waals surface area contributed by atoms with Gasteiger partial charge in [-0.05, 0) is 36.7 Å². The van der Waals surface area contributed by atoms with Crippen LogP contribution in [0.3, 0.4) is 0 Å². The Morgan fingerprint density at radius 2 is 1.74 bits per heavy atom. The average molecular weight is 711 g/mol. The highest BCUT2D eigenvalue weighted by atomic mass is 16.7. The Morgan fingerprint density at radius 1 is 1.06 bits per heavy atom. The third-order valence-corrected chi connectivity index (χ3v) is 12.4. The minimum atomic E-state index is -2.34. The first-order valence-corrected chi connectivity index (χ1v) is 16.8. The fourth-order valence-corrected chi connectivity index (χ4v) is 9.69. The lowest BCUT2D eigenvalue weighted by Gasteiger charge is -2.67. The van der Waals surface area contributed by atoms with E-state index in [2.05, 4.69) is 0 Å². The van der Waals surface area contributed by atoms with Crippen LogP contribution in [0.5, 0.6) is 0 Å². The molecule has 6 aliphatic rings. The molecule has 2 saturated carbocycles. The summed E-state index contributed by atoms with van der Waals surface area (Å²) in [5.41, 5.74) is -4.45. The fourth-order valence-electron chi connectivity index (χ4n) is 9.69. The van der Waals surface area contributed by atoms with Crippen LogP contribution < -0.4 is 0 Å². The van der Waals surface area contributed by atoms with Gasteiger partial charge in [0.25, 0.3) is 0 Å². The Kier molecular flexibility index (Phi) is 9.29. The van der Waals surface area contributed by atoms with Gasteiger partial charge in [-0.25, -0.2) is 14.4 Å². The monoisotopic (exact) mass is 710 g/mol. The zero-order valence-electron chi connectivity index (χ0n) is 28.6. The second-order valence-electron chi connectivity index (χ2n) is 15.1. The van der Waals surface area contributed by atoms with E-state index >= 15 is 0 Å². The molecular weight excluding hydrogens is 664 g/mol. The van der Waals surface area contributed by atoms with Crippen molar-refractivity contribution in [2.75, 3.05) is 20.3 Å². The summed E-state index contributed by atoms with van der Waals surface area (Å²) in [5, 5.41) is 64.8. The fraction of sp³-hybridized carbons (Fsp3) is 0.765. The SMILES string of the molecule is COC(=O)[C@@]12OC[C@]34[C@H]([C@@H](O)[C@@H]1O)[C@@]1(C)C=C(OC5OC(CO)C(O)C(O)C5O)C(=O)[C@@H](C)[C@@H]1C[C@H]3OC(=O)[C@H](OC(=O)/C=C(\C)C(C)C)[C@@H]24. The largest absolute Gasteiger partial charge is 0.467 e. The molecule has 5 unspecified atom stereocenters. The molecule has 3 aliphatic carbocycles. The molecule has 0 aromatic rings. The van der Waals surface area contributed by atoms with Crippen LogP contribution in [0.15, 0.2) is 23.5 Å². The normalized spacial score (nSPS) is 48.2. The number of rotatable bonds is 7. The maximum absolute atomic E-state index is 13.8. The van der Waals surface area contributed by atoms with E-state index < -0.39 is 126 Å². The quantitative estimate of drug-likeness (QED) is 0.0976. The number of aliphatic hydroxyl groups is 6. The lowest BCUT2D eigenvalue weighted by Crippen LogP contribution is -2.79. The van der Waals surface area contributed by atoms with Crippen LogP contribution in [0, 0.1) is 40.4 Å².